The summed E-state index contributed by atoms with van der Waals surface area (Å²) in [7, 11) is 0. The Morgan fingerprint density at radius 3 is 2.87 bits per heavy atom. The summed E-state index contributed by atoms with van der Waals surface area (Å²) in [6.07, 6.45) is 5.37. The van der Waals surface area contributed by atoms with Crippen molar-refractivity contribution in [3.05, 3.63) is 35.3 Å². The van der Waals surface area contributed by atoms with Crippen LogP contribution in [0.5, 0.6) is 0 Å². The minimum Gasteiger partial charge on any atom is -0.369 e. The first kappa shape index (κ1) is 20.8. The zero-order chi connectivity index (χ0) is 22.1. The molecule has 0 radical (unpaired) electrons. The third kappa shape index (κ3) is 4.23. The number of rotatable bonds is 8. The summed E-state index contributed by atoms with van der Waals surface area (Å²) in [5, 5.41) is 8.70. The van der Waals surface area contributed by atoms with Crippen LogP contribution in [-0.4, -0.2) is 43.9 Å². The first-order valence-corrected chi connectivity index (χ1v) is 10.0. The third-order valence-corrected chi connectivity index (χ3v) is 6.24. The summed E-state index contributed by atoms with van der Waals surface area (Å²) >= 11 is 0. The molecule has 4 rings (SSSR count). The molecule has 2 fully saturated rings. The van der Waals surface area contributed by atoms with E-state index in [0.717, 1.165) is 19.0 Å². The summed E-state index contributed by atoms with van der Waals surface area (Å²) in [4.78, 5) is 46.5. The maximum Gasteiger partial charge on any atom is 0.239 e. The van der Waals surface area contributed by atoms with Crippen LogP contribution in [0.1, 0.15) is 18.7 Å². The number of hydrogen-bond donors (Lipinski definition) is 3. The molecule has 0 unspecified atom stereocenters. The summed E-state index contributed by atoms with van der Waals surface area (Å²) in [5.41, 5.74) is 5.65. The minimum absolute atomic E-state index is 0.0134. The number of fused-ring (bicyclic) bond motifs is 2. The molecule has 2 aliphatic carbocycles. The highest BCUT2D eigenvalue weighted by Gasteiger charge is 2.54. The van der Waals surface area contributed by atoms with Crippen molar-refractivity contribution in [3.8, 4) is 0 Å². The first-order chi connectivity index (χ1) is 14.9. The zero-order valence-corrected chi connectivity index (χ0v) is 16.9. The molecule has 0 saturated heterocycles. The lowest BCUT2D eigenvalue weighted by atomic mass is 9.77. The molecule has 5 atom stereocenters. The molecule has 2 bridgehead atoms. The van der Waals surface area contributed by atoms with E-state index in [1.807, 2.05) is 0 Å². The molecule has 2 amide bonds. The number of nitrogens with zero attached hydrogens (tertiary/aromatic N) is 5. The molecule has 0 spiro atoms. The van der Waals surface area contributed by atoms with Gasteiger partial charge in [0.25, 0.3) is 0 Å². The normalized spacial score (nSPS) is 26.6. The highest BCUT2D eigenvalue weighted by Crippen LogP contribution is 2.52. The van der Waals surface area contributed by atoms with E-state index in [0.29, 0.717) is 12.4 Å². The second-order valence-electron chi connectivity index (χ2n) is 8.17. The van der Waals surface area contributed by atoms with Crippen LogP contribution in [0.4, 0.5) is 16.0 Å². The molecule has 0 aromatic carbocycles. The van der Waals surface area contributed by atoms with E-state index < -0.39 is 17.6 Å². The highest BCUT2D eigenvalue weighted by molar-refractivity contribution is 5.79. The van der Waals surface area contributed by atoms with Crippen LogP contribution in [0.2, 0.25) is 0 Å². The van der Waals surface area contributed by atoms with E-state index in [4.69, 9.17) is 5.73 Å². The Morgan fingerprint density at radius 2 is 2.16 bits per heavy atom. The fourth-order valence-electron chi connectivity index (χ4n) is 5.00. The summed E-state index contributed by atoms with van der Waals surface area (Å²) in [5.74, 6) is -0.957. The maximum absolute atomic E-state index is 14.2. The lowest BCUT2D eigenvalue weighted by molar-refractivity contribution is -0.124. The van der Waals surface area contributed by atoms with Crippen LogP contribution < -0.4 is 16.4 Å². The van der Waals surface area contributed by atoms with Gasteiger partial charge in [-0.15, -0.1) is 4.91 Å². The van der Waals surface area contributed by atoms with E-state index in [9.17, 15) is 18.9 Å². The van der Waals surface area contributed by atoms with Gasteiger partial charge in [-0.3, -0.25) is 9.59 Å². The molecule has 31 heavy (non-hydrogen) atoms. The molecule has 4 N–H and O–H groups in total. The fraction of sp³-hybridized carbons (Fsp3) is 0.526. The average molecular weight is 430 g/mol. The monoisotopic (exact) mass is 430 g/mol. The average Bonchev–Trinajstić information content (AvgIpc) is 3.43. The van der Waals surface area contributed by atoms with Crippen molar-refractivity contribution in [1.82, 2.24) is 24.8 Å². The number of aryl methyl sites for hydroxylation is 1. The quantitative estimate of drug-likeness (QED) is 0.524. The number of nitrogens with two attached hydrogens (primary N) is 1. The topological polar surface area (TPSA) is 157 Å². The molecule has 12 heteroatoms. The Morgan fingerprint density at radius 1 is 1.35 bits per heavy atom. The Kier molecular flexibility index (Phi) is 5.61. The predicted octanol–water partition coefficient (Wildman–Crippen LogP) is 0.873. The Bertz CT molecular complexity index is 1010. The molecule has 164 valence electrons. The molecular weight excluding hydrogens is 407 g/mol. The van der Waals surface area contributed by atoms with Gasteiger partial charge < -0.3 is 20.9 Å². The second kappa shape index (κ2) is 8.36. The number of aromatic nitrogens is 4. The highest BCUT2D eigenvalue weighted by atomic mass is 19.1. The molecule has 0 aliphatic heterocycles. The predicted molar refractivity (Wildman–Crippen MR) is 107 cm³/mol. The standard InChI is InChI=1S/C19H23FN8O3/c1-9-22-5-13(20)19(25-9)26-17-12-3-10(16(17)18(21)30)2-11(12)4-23-15(29)7-28-6-14(27-31)24-8-28/h5-6,8,10-12,16-17H,2-4,7H2,1H3,(H2,21,30)(H,23,29)(H,22,25,26)/t10-,11+,12-,16+,17-/m1/s1. The number of nitrogens with one attached hydrogen (secondary N) is 2. The third-order valence-electron chi connectivity index (χ3n) is 6.24. The minimum atomic E-state index is -0.592. The molecule has 2 saturated carbocycles. The molecule has 2 aliphatic rings. The molecular formula is C19H23FN8O3. The van der Waals surface area contributed by atoms with Gasteiger partial charge in [-0.05, 0) is 42.7 Å². The second-order valence-corrected chi connectivity index (χ2v) is 8.17. The van der Waals surface area contributed by atoms with Crippen molar-refractivity contribution >= 4 is 23.5 Å². The number of carbonyl (C=O) groups excluding carboxylic acids is 2. The number of nitroso groups, excluding NO2 is 1. The van der Waals surface area contributed by atoms with Gasteiger partial charge in [0.2, 0.25) is 17.6 Å². The molecule has 2 heterocycles. The maximum atomic E-state index is 14.2. The van der Waals surface area contributed by atoms with Gasteiger partial charge >= 0.3 is 0 Å². The van der Waals surface area contributed by atoms with Crippen LogP contribution >= 0.6 is 0 Å². The van der Waals surface area contributed by atoms with E-state index in [2.05, 4.69) is 30.8 Å². The van der Waals surface area contributed by atoms with Gasteiger partial charge in [-0.1, -0.05) is 0 Å². The SMILES string of the molecule is Cc1ncc(F)c(N[C@@H]2[C@@H]3C[C@@H](C[C@H]3CNC(=O)Cn3cnc(N=O)c3)[C@@H]2C(N)=O)n1. The van der Waals surface area contributed by atoms with Crippen molar-refractivity contribution in [3.63, 3.8) is 0 Å². The number of carbonyl (C=O) groups is 2. The molecule has 11 nitrogen and oxygen atoms in total. The van der Waals surface area contributed by atoms with Crippen molar-refractivity contribution in [2.75, 3.05) is 11.9 Å². The number of amides is 2. The van der Waals surface area contributed by atoms with Gasteiger partial charge in [0, 0.05) is 12.6 Å². The number of anilines is 1. The van der Waals surface area contributed by atoms with E-state index in [-0.39, 0.29) is 47.9 Å². The van der Waals surface area contributed by atoms with E-state index in [1.165, 1.54) is 17.1 Å². The molecule has 2 aromatic heterocycles. The van der Waals surface area contributed by atoms with Crippen molar-refractivity contribution in [1.29, 1.82) is 0 Å². The number of halogens is 1. The smallest absolute Gasteiger partial charge is 0.239 e. The van der Waals surface area contributed by atoms with E-state index in [1.54, 1.807) is 6.92 Å². The Labute approximate surface area is 177 Å². The van der Waals surface area contributed by atoms with Gasteiger partial charge in [0.05, 0.1) is 24.6 Å². The summed E-state index contributed by atoms with van der Waals surface area (Å²) < 4.78 is 15.7. The van der Waals surface area contributed by atoms with Crippen molar-refractivity contribution in [2.24, 2.45) is 34.6 Å². The fourth-order valence-corrected chi connectivity index (χ4v) is 5.00. The van der Waals surface area contributed by atoms with Gasteiger partial charge in [-0.2, -0.15) is 0 Å². The van der Waals surface area contributed by atoms with Crippen molar-refractivity contribution in [2.45, 2.75) is 32.4 Å². The van der Waals surface area contributed by atoms with Gasteiger partial charge in [0.15, 0.2) is 11.6 Å². The molecule has 2 aromatic rings. The number of primary amides is 1. The first-order valence-electron chi connectivity index (χ1n) is 10.0. The zero-order valence-electron chi connectivity index (χ0n) is 16.9. The Balaban J connectivity index is 1.41. The van der Waals surface area contributed by atoms with Crippen LogP contribution in [-0.2, 0) is 16.1 Å². The van der Waals surface area contributed by atoms with Gasteiger partial charge in [-0.25, -0.2) is 19.3 Å². The lowest BCUT2D eigenvalue weighted by Crippen LogP contribution is -2.47. The van der Waals surface area contributed by atoms with E-state index >= 15 is 0 Å². The lowest BCUT2D eigenvalue weighted by Gasteiger charge is -2.35. The van der Waals surface area contributed by atoms with Gasteiger partial charge in [0.1, 0.15) is 12.4 Å². The number of hydrogen-bond acceptors (Lipinski definition) is 8. The number of imidazole rings is 1. The summed E-state index contributed by atoms with van der Waals surface area (Å²) in [6.45, 7) is 2.09. The van der Waals surface area contributed by atoms with Crippen LogP contribution in [0.25, 0.3) is 0 Å². The Hall–Kier alpha value is -3.44. The van der Waals surface area contributed by atoms with Crippen LogP contribution in [0.15, 0.2) is 23.9 Å². The van der Waals surface area contributed by atoms with Crippen LogP contribution in [0.3, 0.4) is 0 Å². The van der Waals surface area contributed by atoms with Crippen molar-refractivity contribution < 1.29 is 14.0 Å². The summed E-state index contributed by atoms with van der Waals surface area (Å²) in [6, 6.07) is -0.364. The largest absolute Gasteiger partial charge is 0.369 e. The van der Waals surface area contributed by atoms with Crippen LogP contribution in [0, 0.1) is 41.3 Å².